The molecule has 1 aromatic heterocycles. The summed E-state index contributed by atoms with van der Waals surface area (Å²) in [5, 5.41) is 0.659. The molecular weight excluding hydrogens is 346 g/mol. The Balaban J connectivity index is 2.10. The molecule has 3 rings (SSSR count). The first-order valence-corrected chi connectivity index (χ1v) is 8.35. The maximum absolute atomic E-state index is 12.9. The number of ether oxygens (including phenoxy) is 1. The fraction of sp³-hybridized carbons (Fsp3) is 0.500. The molecule has 0 unspecified atom stereocenters. The number of nitrogens with zero attached hydrogens (tertiary/aromatic N) is 3. The molecule has 0 amide bonds. The molecule has 0 radical (unpaired) electrons. The van der Waals surface area contributed by atoms with E-state index < -0.39 is 0 Å². The standard InChI is InChI=1S/C16H20BrN3O2/c1-11(2)15-18-14-4-3-12(17)9-13(14)16(21)20(15)10-19-5-7-22-8-6-19/h3-4,9,11H,5-8,10H2,1-2H3. The van der Waals surface area contributed by atoms with E-state index in [1.54, 1.807) is 0 Å². The molecule has 1 saturated heterocycles. The van der Waals surface area contributed by atoms with Crippen molar-refractivity contribution >= 4 is 26.8 Å². The highest BCUT2D eigenvalue weighted by atomic mass is 79.9. The number of benzene rings is 1. The van der Waals surface area contributed by atoms with Crippen LogP contribution < -0.4 is 5.56 Å². The van der Waals surface area contributed by atoms with Crippen LogP contribution in [-0.4, -0.2) is 40.8 Å². The van der Waals surface area contributed by atoms with Crippen molar-refractivity contribution in [2.24, 2.45) is 0 Å². The maximum Gasteiger partial charge on any atom is 0.262 e. The zero-order chi connectivity index (χ0) is 15.7. The van der Waals surface area contributed by atoms with Gasteiger partial charge in [-0.25, -0.2) is 4.98 Å². The van der Waals surface area contributed by atoms with E-state index in [-0.39, 0.29) is 11.5 Å². The molecule has 0 aliphatic carbocycles. The molecule has 0 atom stereocenters. The van der Waals surface area contributed by atoms with Crippen molar-refractivity contribution in [1.29, 1.82) is 0 Å². The molecular formula is C16H20BrN3O2. The molecule has 0 bridgehead atoms. The summed E-state index contributed by atoms with van der Waals surface area (Å²) in [6, 6.07) is 5.67. The highest BCUT2D eigenvalue weighted by Crippen LogP contribution is 2.19. The summed E-state index contributed by atoms with van der Waals surface area (Å²) >= 11 is 3.43. The predicted octanol–water partition coefficient (Wildman–Crippen LogP) is 2.57. The molecule has 2 heterocycles. The van der Waals surface area contributed by atoms with Crippen LogP contribution in [0.3, 0.4) is 0 Å². The van der Waals surface area contributed by atoms with Crippen LogP contribution in [0.25, 0.3) is 10.9 Å². The Morgan fingerprint density at radius 2 is 2.05 bits per heavy atom. The van der Waals surface area contributed by atoms with E-state index in [9.17, 15) is 4.79 Å². The molecule has 22 heavy (non-hydrogen) atoms. The lowest BCUT2D eigenvalue weighted by Crippen LogP contribution is -2.41. The summed E-state index contributed by atoms with van der Waals surface area (Å²) in [6.45, 7) is 7.85. The van der Waals surface area contributed by atoms with Crippen LogP contribution in [0.5, 0.6) is 0 Å². The Hall–Kier alpha value is -1.24. The molecule has 0 saturated carbocycles. The van der Waals surface area contributed by atoms with Gasteiger partial charge in [-0.2, -0.15) is 0 Å². The molecule has 6 heteroatoms. The SMILES string of the molecule is CC(C)c1nc2ccc(Br)cc2c(=O)n1CN1CCOCC1. The Morgan fingerprint density at radius 1 is 1.32 bits per heavy atom. The molecule has 1 fully saturated rings. The Labute approximate surface area is 138 Å². The van der Waals surface area contributed by atoms with E-state index in [0.29, 0.717) is 12.1 Å². The van der Waals surface area contributed by atoms with E-state index in [2.05, 4.69) is 34.7 Å². The Bertz CT molecular complexity index is 736. The summed E-state index contributed by atoms with van der Waals surface area (Å²) in [4.78, 5) is 19.9. The normalized spacial score (nSPS) is 16.5. The summed E-state index contributed by atoms with van der Waals surface area (Å²) in [5.41, 5.74) is 0.789. The highest BCUT2D eigenvalue weighted by Gasteiger charge is 2.18. The van der Waals surface area contributed by atoms with E-state index in [4.69, 9.17) is 9.72 Å². The minimum Gasteiger partial charge on any atom is -0.379 e. The van der Waals surface area contributed by atoms with Crippen molar-refractivity contribution in [3.63, 3.8) is 0 Å². The predicted molar refractivity (Wildman–Crippen MR) is 90.2 cm³/mol. The smallest absolute Gasteiger partial charge is 0.262 e. The molecule has 118 valence electrons. The molecule has 0 N–H and O–H groups in total. The van der Waals surface area contributed by atoms with Crippen LogP contribution in [0.4, 0.5) is 0 Å². The van der Waals surface area contributed by atoms with Crippen molar-refractivity contribution in [1.82, 2.24) is 14.5 Å². The minimum atomic E-state index is 0.0292. The quantitative estimate of drug-likeness (QED) is 0.838. The third-order valence-electron chi connectivity index (χ3n) is 3.91. The summed E-state index contributed by atoms with van der Waals surface area (Å²) in [7, 11) is 0. The van der Waals surface area contributed by atoms with Gasteiger partial charge in [0.1, 0.15) is 5.82 Å². The van der Waals surface area contributed by atoms with Gasteiger partial charge in [0.2, 0.25) is 0 Å². The van der Waals surface area contributed by atoms with Crippen molar-refractivity contribution in [2.45, 2.75) is 26.4 Å². The number of morpholine rings is 1. The van der Waals surface area contributed by atoms with Gasteiger partial charge in [0.15, 0.2) is 0 Å². The fourth-order valence-corrected chi connectivity index (χ4v) is 3.09. The first-order valence-electron chi connectivity index (χ1n) is 7.56. The lowest BCUT2D eigenvalue weighted by Gasteiger charge is -2.28. The van der Waals surface area contributed by atoms with E-state index in [0.717, 1.165) is 42.1 Å². The number of aromatic nitrogens is 2. The Morgan fingerprint density at radius 3 is 2.73 bits per heavy atom. The van der Waals surface area contributed by atoms with Crippen LogP contribution in [0.2, 0.25) is 0 Å². The molecule has 1 aromatic carbocycles. The summed E-state index contributed by atoms with van der Waals surface area (Å²) in [6.07, 6.45) is 0. The second kappa shape index (κ2) is 6.48. The van der Waals surface area contributed by atoms with Crippen molar-refractivity contribution in [3.05, 3.63) is 38.9 Å². The molecule has 2 aromatic rings. The number of hydrogen-bond acceptors (Lipinski definition) is 4. The molecule has 0 spiro atoms. The summed E-state index contributed by atoms with van der Waals surface area (Å²) < 4.78 is 8.09. The first kappa shape index (κ1) is 15.6. The lowest BCUT2D eigenvalue weighted by molar-refractivity contribution is 0.0221. The van der Waals surface area contributed by atoms with Gasteiger partial charge in [-0.3, -0.25) is 14.3 Å². The Kier molecular flexibility index (Phi) is 4.61. The number of fused-ring (bicyclic) bond motifs is 1. The van der Waals surface area contributed by atoms with E-state index >= 15 is 0 Å². The zero-order valence-electron chi connectivity index (χ0n) is 12.9. The minimum absolute atomic E-state index is 0.0292. The van der Waals surface area contributed by atoms with E-state index in [1.807, 2.05) is 22.8 Å². The average Bonchev–Trinajstić information content (AvgIpc) is 2.51. The van der Waals surface area contributed by atoms with Gasteiger partial charge in [0.05, 0.1) is 30.8 Å². The van der Waals surface area contributed by atoms with Crippen LogP contribution in [-0.2, 0) is 11.4 Å². The zero-order valence-corrected chi connectivity index (χ0v) is 14.5. The third-order valence-corrected chi connectivity index (χ3v) is 4.40. The average molecular weight is 366 g/mol. The van der Waals surface area contributed by atoms with Gasteiger partial charge >= 0.3 is 0 Å². The summed E-state index contributed by atoms with van der Waals surface area (Å²) in [5.74, 6) is 1.04. The van der Waals surface area contributed by atoms with Gasteiger partial charge in [0, 0.05) is 23.5 Å². The fourth-order valence-electron chi connectivity index (χ4n) is 2.73. The van der Waals surface area contributed by atoms with Crippen molar-refractivity contribution in [2.75, 3.05) is 26.3 Å². The lowest BCUT2D eigenvalue weighted by atomic mass is 10.1. The van der Waals surface area contributed by atoms with Gasteiger partial charge in [-0.1, -0.05) is 29.8 Å². The van der Waals surface area contributed by atoms with E-state index in [1.165, 1.54) is 0 Å². The van der Waals surface area contributed by atoms with Crippen molar-refractivity contribution < 1.29 is 4.74 Å². The molecule has 5 nitrogen and oxygen atoms in total. The largest absolute Gasteiger partial charge is 0.379 e. The van der Waals surface area contributed by atoms with Crippen LogP contribution >= 0.6 is 15.9 Å². The van der Waals surface area contributed by atoms with Crippen LogP contribution in [0, 0.1) is 0 Å². The van der Waals surface area contributed by atoms with Gasteiger partial charge in [-0.15, -0.1) is 0 Å². The highest BCUT2D eigenvalue weighted by molar-refractivity contribution is 9.10. The number of halogens is 1. The van der Waals surface area contributed by atoms with Gasteiger partial charge < -0.3 is 4.74 Å². The molecule has 1 aliphatic rings. The number of hydrogen-bond donors (Lipinski definition) is 0. The molecule has 1 aliphatic heterocycles. The van der Waals surface area contributed by atoms with Gasteiger partial charge in [0.25, 0.3) is 5.56 Å². The third kappa shape index (κ3) is 3.09. The maximum atomic E-state index is 12.9. The van der Waals surface area contributed by atoms with Crippen LogP contribution in [0.1, 0.15) is 25.6 Å². The topological polar surface area (TPSA) is 47.4 Å². The monoisotopic (exact) mass is 365 g/mol. The van der Waals surface area contributed by atoms with Crippen LogP contribution in [0.15, 0.2) is 27.5 Å². The number of rotatable bonds is 3. The first-order chi connectivity index (χ1) is 10.6. The van der Waals surface area contributed by atoms with Crippen molar-refractivity contribution in [3.8, 4) is 0 Å². The second-order valence-electron chi connectivity index (χ2n) is 5.89. The van der Waals surface area contributed by atoms with Gasteiger partial charge in [-0.05, 0) is 18.2 Å². The second-order valence-corrected chi connectivity index (χ2v) is 6.81.